The van der Waals surface area contributed by atoms with Crippen LogP contribution in [0.2, 0.25) is 0 Å². The van der Waals surface area contributed by atoms with Crippen molar-refractivity contribution < 1.29 is 37.4 Å². The zero-order valence-corrected chi connectivity index (χ0v) is 17.2. The maximum Gasteiger partial charge on any atom is 0.316 e. The Morgan fingerprint density at radius 3 is 2.73 bits per heavy atom. The van der Waals surface area contributed by atoms with Crippen molar-refractivity contribution >= 4 is 5.78 Å². The average molecular weight is 423 g/mol. The Balaban J connectivity index is 1.51. The molecule has 6 nitrogen and oxygen atoms in total. The molecule has 2 heterocycles. The van der Waals surface area contributed by atoms with E-state index in [0.717, 1.165) is 6.08 Å². The van der Waals surface area contributed by atoms with E-state index in [1.54, 1.807) is 0 Å². The summed E-state index contributed by atoms with van der Waals surface area (Å²) >= 11 is 0. The van der Waals surface area contributed by atoms with Crippen molar-refractivity contribution in [2.75, 3.05) is 20.0 Å². The Kier molecular flexibility index (Phi) is 3.20. The molecule has 5 fully saturated rings. The van der Waals surface area contributed by atoms with E-state index in [1.165, 1.54) is 13.0 Å². The molecule has 30 heavy (non-hydrogen) atoms. The van der Waals surface area contributed by atoms with Gasteiger partial charge in [0.25, 0.3) is 0 Å². The van der Waals surface area contributed by atoms with Gasteiger partial charge in [0.15, 0.2) is 23.8 Å². The SMILES string of the molecule is [2H]C1=C2C([2H])([2H])C[C@H]3[C@@H]4CCC5(OCOC56OCCO6)[C@@]4(C)C[C@H](O)[C@]3(F)[C@@]2(C)C=CC1=O. The first-order valence-corrected chi connectivity index (χ1v) is 10.8. The molecular weight excluding hydrogens is 391 g/mol. The number of carbonyl (C=O) groups excluding carboxylic acids is 1. The van der Waals surface area contributed by atoms with Gasteiger partial charge in [0, 0.05) is 19.5 Å². The predicted octanol–water partition coefficient (Wildman–Crippen LogP) is 2.80. The topological polar surface area (TPSA) is 74.2 Å². The molecule has 1 unspecified atom stereocenters. The van der Waals surface area contributed by atoms with E-state index >= 15 is 4.39 Å². The van der Waals surface area contributed by atoms with Crippen LogP contribution in [-0.4, -0.2) is 54.2 Å². The van der Waals surface area contributed by atoms with Crippen LogP contribution in [0.3, 0.4) is 0 Å². The number of alkyl halides is 1. The summed E-state index contributed by atoms with van der Waals surface area (Å²) in [5, 5.41) is 11.5. The molecule has 0 amide bonds. The molecule has 0 bridgehead atoms. The van der Waals surface area contributed by atoms with Crippen molar-refractivity contribution in [1.29, 1.82) is 0 Å². The van der Waals surface area contributed by atoms with E-state index < -0.39 is 58.3 Å². The molecule has 3 saturated carbocycles. The summed E-state index contributed by atoms with van der Waals surface area (Å²) in [7, 11) is 0. The van der Waals surface area contributed by atoms with Crippen LogP contribution in [0.15, 0.2) is 23.8 Å². The molecule has 0 radical (unpaired) electrons. The number of rotatable bonds is 0. The van der Waals surface area contributed by atoms with Crippen LogP contribution in [-0.2, 0) is 23.7 Å². The third-order valence-corrected chi connectivity index (χ3v) is 9.02. The number of allylic oxidation sites excluding steroid dienone is 4. The Morgan fingerprint density at radius 2 is 1.97 bits per heavy atom. The number of fused-ring (bicyclic) bond motifs is 7. The minimum absolute atomic E-state index is 0.0312. The Labute approximate surface area is 179 Å². The molecule has 2 saturated heterocycles. The first-order chi connectivity index (χ1) is 15.4. The van der Waals surface area contributed by atoms with Gasteiger partial charge in [-0.2, -0.15) is 0 Å². The fraction of sp³-hybridized carbons (Fsp3) is 0.783. The standard InChI is InChI=1S/C23H29FO6/c1-19-7-5-15(25)11-14(19)3-4-17-16-6-8-21(20(16,2)12-18(26)22(17,19)24)23(30-13-29-21)27-9-10-28-23/h5,7,11,16-18,26H,3-4,6,8-10,12-13H2,1-2H3/t16-,17-,18-,19-,20-,21?,22-/m0/s1/i3D2,11D. The molecule has 0 aromatic carbocycles. The largest absolute Gasteiger partial charge is 0.390 e. The fourth-order valence-electron chi connectivity index (χ4n) is 7.58. The minimum atomic E-state index is -2.25. The average Bonchev–Trinajstić information content (AvgIpc) is 3.43. The van der Waals surface area contributed by atoms with Crippen molar-refractivity contribution in [2.24, 2.45) is 22.7 Å². The van der Waals surface area contributed by atoms with Gasteiger partial charge in [-0.15, -0.1) is 0 Å². The highest BCUT2D eigenvalue weighted by Crippen LogP contribution is 2.73. The van der Waals surface area contributed by atoms with Crippen molar-refractivity contribution in [3.8, 4) is 0 Å². The lowest BCUT2D eigenvalue weighted by atomic mass is 9.44. The zero-order valence-electron chi connectivity index (χ0n) is 20.2. The van der Waals surface area contributed by atoms with Gasteiger partial charge in [-0.3, -0.25) is 9.53 Å². The molecule has 4 aliphatic carbocycles. The molecule has 0 aromatic rings. The van der Waals surface area contributed by atoms with E-state index in [9.17, 15) is 9.90 Å². The minimum Gasteiger partial charge on any atom is -0.390 e. The highest BCUT2D eigenvalue weighted by atomic mass is 19.1. The van der Waals surface area contributed by atoms with Gasteiger partial charge < -0.3 is 19.3 Å². The summed E-state index contributed by atoms with van der Waals surface area (Å²) in [5.41, 5.74) is -5.90. The summed E-state index contributed by atoms with van der Waals surface area (Å²) in [4.78, 5) is 12.2. The normalized spacial score (nSPS) is 57.1. The summed E-state index contributed by atoms with van der Waals surface area (Å²) in [6.07, 6.45) is -0.264. The van der Waals surface area contributed by atoms with Crippen molar-refractivity contribution in [3.63, 3.8) is 0 Å². The zero-order chi connectivity index (χ0) is 23.7. The van der Waals surface area contributed by atoms with E-state index in [0.29, 0.717) is 26.1 Å². The number of carbonyl (C=O) groups is 1. The van der Waals surface area contributed by atoms with E-state index in [2.05, 4.69) is 0 Å². The molecule has 6 rings (SSSR count). The number of aliphatic hydroxyl groups excluding tert-OH is 1. The van der Waals surface area contributed by atoms with Gasteiger partial charge in [-0.1, -0.05) is 18.6 Å². The van der Waals surface area contributed by atoms with E-state index in [4.69, 9.17) is 23.1 Å². The van der Waals surface area contributed by atoms with Crippen LogP contribution in [0.25, 0.3) is 0 Å². The van der Waals surface area contributed by atoms with Gasteiger partial charge in [0.2, 0.25) is 0 Å². The highest BCUT2D eigenvalue weighted by Gasteiger charge is 2.80. The van der Waals surface area contributed by atoms with Crippen LogP contribution in [0.5, 0.6) is 0 Å². The fourth-order valence-corrected chi connectivity index (χ4v) is 7.58. The summed E-state index contributed by atoms with van der Waals surface area (Å²) < 4.78 is 67.1. The number of aliphatic hydroxyl groups is 1. The lowest BCUT2D eigenvalue weighted by molar-refractivity contribution is -0.364. The first kappa shape index (κ1) is 16.5. The van der Waals surface area contributed by atoms with Crippen molar-refractivity contribution in [3.05, 3.63) is 23.8 Å². The first-order valence-electron chi connectivity index (χ1n) is 12.3. The maximum atomic E-state index is 17.4. The van der Waals surface area contributed by atoms with Crippen LogP contribution in [0.1, 0.15) is 50.0 Å². The Hall–Kier alpha value is -1.12. The lowest BCUT2D eigenvalue weighted by Gasteiger charge is -2.63. The molecule has 7 atom stereocenters. The molecule has 2 aliphatic heterocycles. The van der Waals surface area contributed by atoms with Crippen molar-refractivity contribution in [2.45, 2.75) is 69.3 Å². The van der Waals surface area contributed by atoms with Gasteiger partial charge in [0.1, 0.15) is 0 Å². The van der Waals surface area contributed by atoms with Gasteiger partial charge in [0.05, 0.1) is 20.7 Å². The molecule has 0 aromatic heterocycles. The number of hydrogen-bond acceptors (Lipinski definition) is 6. The van der Waals surface area contributed by atoms with E-state index in [-0.39, 0.29) is 31.1 Å². The van der Waals surface area contributed by atoms with Crippen LogP contribution < -0.4 is 0 Å². The van der Waals surface area contributed by atoms with Crippen LogP contribution >= 0.6 is 0 Å². The monoisotopic (exact) mass is 423 g/mol. The number of hydrogen-bond donors (Lipinski definition) is 1. The smallest absolute Gasteiger partial charge is 0.316 e. The number of halogens is 1. The molecule has 7 heteroatoms. The quantitative estimate of drug-likeness (QED) is 0.646. The molecular formula is C23H29FO6. The third-order valence-electron chi connectivity index (χ3n) is 9.02. The molecule has 6 aliphatic rings. The second-order valence-electron chi connectivity index (χ2n) is 9.92. The maximum absolute atomic E-state index is 17.4. The third kappa shape index (κ3) is 1.92. The van der Waals surface area contributed by atoms with Crippen LogP contribution in [0.4, 0.5) is 4.39 Å². The second kappa shape index (κ2) is 5.81. The second-order valence-corrected chi connectivity index (χ2v) is 9.92. The summed E-state index contributed by atoms with van der Waals surface area (Å²) in [6, 6.07) is -0.511. The van der Waals surface area contributed by atoms with Gasteiger partial charge in [-0.25, -0.2) is 4.39 Å². The Bertz CT molecular complexity index is 989. The highest BCUT2D eigenvalue weighted by molar-refractivity contribution is 6.01. The van der Waals surface area contributed by atoms with Gasteiger partial charge >= 0.3 is 5.97 Å². The molecule has 164 valence electrons. The lowest BCUT2D eigenvalue weighted by Crippen LogP contribution is -2.70. The van der Waals surface area contributed by atoms with Crippen LogP contribution in [0, 0.1) is 22.7 Å². The van der Waals surface area contributed by atoms with E-state index in [1.807, 2.05) is 6.92 Å². The van der Waals surface area contributed by atoms with Crippen molar-refractivity contribution in [1.82, 2.24) is 0 Å². The summed E-state index contributed by atoms with van der Waals surface area (Å²) in [5.74, 6) is -3.29. The summed E-state index contributed by atoms with van der Waals surface area (Å²) in [6.45, 7) is 4.09. The number of ether oxygens (including phenoxy) is 4. The molecule has 2 spiro atoms. The number of ketones is 1. The van der Waals surface area contributed by atoms with Gasteiger partial charge in [-0.05, 0) is 57.0 Å². The predicted molar refractivity (Wildman–Crippen MR) is 103 cm³/mol. The Morgan fingerprint density at radius 1 is 1.20 bits per heavy atom. The molecule has 1 N–H and O–H groups in total.